The van der Waals surface area contributed by atoms with E-state index in [0.29, 0.717) is 0 Å². The predicted molar refractivity (Wildman–Crippen MR) is 189 cm³/mol. The summed E-state index contributed by atoms with van der Waals surface area (Å²) in [5.41, 5.74) is 4.10. The van der Waals surface area contributed by atoms with Crippen molar-refractivity contribution in [1.82, 2.24) is 30.2 Å². The second-order valence-electron chi connectivity index (χ2n) is 12.8. The van der Waals surface area contributed by atoms with Gasteiger partial charge in [0.25, 0.3) is 5.12 Å². The van der Waals surface area contributed by atoms with E-state index in [1.807, 2.05) is 0 Å². The largest absolute Gasteiger partial charge is 0.481 e. The van der Waals surface area contributed by atoms with Crippen molar-refractivity contribution in [3.63, 3.8) is 0 Å². The number of phosphoric ester groups is 3. The Morgan fingerprint density at radius 3 is 2.33 bits per heavy atom. The van der Waals surface area contributed by atoms with Crippen LogP contribution < -0.4 is 16.4 Å². The van der Waals surface area contributed by atoms with Crippen molar-refractivity contribution in [1.29, 1.82) is 0 Å². The van der Waals surface area contributed by atoms with E-state index >= 15 is 0 Å². The number of carboxylic acid groups (broad SMARTS) is 1. The maximum absolute atomic E-state index is 13.7. The summed E-state index contributed by atoms with van der Waals surface area (Å²) in [4.78, 5) is 97.3. The quantitative estimate of drug-likeness (QED) is 0.0480. The van der Waals surface area contributed by atoms with Crippen molar-refractivity contribution < 1.29 is 99.2 Å². The van der Waals surface area contributed by atoms with E-state index in [4.69, 9.17) is 24.6 Å². The fourth-order valence-corrected chi connectivity index (χ4v) is 8.28. The number of ether oxygens (including phenoxy) is 1. The lowest BCUT2D eigenvalue weighted by Gasteiger charge is -2.30. The molecule has 11 N–H and O–H groups in total. The van der Waals surface area contributed by atoms with Crippen LogP contribution in [0.15, 0.2) is 12.7 Å². The first-order valence-corrected chi connectivity index (χ1v) is 21.8. The predicted octanol–water partition coefficient (Wildman–Crippen LogP) is -0.835. The van der Waals surface area contributed by atoms with Gasteiger partial charge in [-0.15, -0.1) is 0 Å². The zero-order valence-corrected chi connectivity index (χ0v) is 33.6. The first kappa shape index (κ1) is 49.3. The summed E-state index contributed by atoms with van der Waals surface area (Å²) >= 11 is 0.186. The fourth-order valence-electron chi connectivity index (χ4n) is 4.75. The van der Waals surface area contributed by atoms with Crippen molar-refractivity contribution in [2.24, 2.45) is 5.41 Å². The highest BCUT2D eigenvalue weighted by atomic mass is 32.2. The summed E-state index contributed by atoms with van der Waals surface area (Å²) in [7, 11) is -16.5. The van der Waals surface area contributed by atoms with Gasteiger partial charge in [0, 0.05) is 37.1 Å². The molecule has 3 rings (SSSR count). The van der Waals surface area contributed by atoms with Crippen LogP contribution in [0.2, 0.25) is 0 Å². The van der Waals surface area contributed by atoms with E-state index in [1.54, 1.807) is 0 Å². The third-order valence-electron chi connectivity index (χ3n) is 7.69. The molecule has 0 aliphatic carbocycles. The minimum absolute atomic E-state index is 0.00243. The summed E-state index contributed by atoms with van der Waals surface area (Å²) in [6, 6.07) is 0. The Hall–Kier alpha value is -3.11. The topological polar surface area (TPSA) is 401 Å². The van der Waals surface area contributed by atoms with Crippen molar-refractivity contribution in [2.45, 2.75) is 69.7 Å². The van der Waals surface area contributed by atoms with Crippen molar-refractivity contribution in [2.75, 3.05) is 37.8 Å². The Morgan fingerprint density at radius 2 is 1.69 bits per heavy atom. The van der Waals surface area contributed by atoms with Gasteiger partial charge in [0.05, 0.1) is 26.0 Å². The van der Waals surface area contributed by atoms with Crippen LogP contribution in [0, 0.1) is 5.41 Å². The standard InChI is InChI=1S/C26H40F2N7O19P3S/c1-25(2,19(40)22(41)31-6-4-14(36)30-7-8-58-24(42)26(27,28)5-3-15(37)38)10-51-57(48,49)54-56(46,47)50-9-13-18(53-55(43,44)45)17(39)23(52-13)35-12-34-16-20(29)32-11-33-21(16)35/h11-13,17-19,23,39-40H,3-10H2,1-2H3,(H,30,36)(H,31,41)(H,37,38)(H,46,47)(H,48,49)(H2,29,32,33)(H2,43,44,45)/t13-,17-,18-,19+,23-/m1/s1. The summed E-state index contributed by atoms with van der Waals surface area (Å²) in [5, 5.41) is 32.8. The van der Waals surface area contributed by atoms with Crippen molar-refractivity contribution in [3.8, 4) is 0 Å². The lowest BCUT2D eigenvalue weighted by Crippen LogP contribution is -2.46. The summed E-state index contributed by atoms with van der Waals surface area (Å²) < 4.78 is 89.1. The van der Waals surface area contributed by atoms with Crippen LogP contribution in [0.25, 0.3) is 11.2 Å². The van der Waals surface area contributed by atoms with Crippen LogP contribution in [-0.2, 0) is 55.5 Å². The molecule has 2 aromatic heterocycles. The summed E-state index contributed by atoms with van der Waals surface area (Å²) in [5.74, 6) is -7.50. The molecular formula is C26H40F2N7O19P3S. The maximum Gasteiger partial charge on any atom is 0.481 e. The number of anilines is 1. The van der Waals surface area contributed by atoms with Crippen LogP contribution in [-0.4, -0.2) is 140 Å². The van der Waals surface area contributed by atoms with E-state index < -0.39 is 114 Å². The number of nitrogen functional groups attached to an aromatic ring is 1. The normalized spacial score (nSPS) is 21.6. The summed E-state index contributed by atoms with van der Waals surface area (Å²) in [6.07, 6.45) is -9.52. The lowest BCUT2D eigenvalue weighted by molar-refractivity contribution is -0.142. The number of rotatable bonds is 23. The number of phosphoric acid groups is 3. The molecule has 3 heterocycles. The number of carbonyl (C=O) groups excluding carboxylic acids is 3. The van der Waals surface area contributed by atoms with E-state index in [-0.39, 0.29) is 54.0 Å². The number of thioether (sulfide) groups is 1. The van der Waals surface area contributed by atoms with E-state index in [0.717, 1.165) is 17.2 Å². The number of nitrogens with zero attached hydrogens (tertiary/aromatic N) is 4. The monoisotopic (exact) mass is 917 g/mol. The molecule has 1 aliphatic heterocycles. The van der Waals surface area contributed by atoms with Gasteiger partial charge in [-0.2, -0.15) is 13.1 Å². The number of hydrogen-bond acceptors (Lipinski definition) is 19. The molecule has 0 bridgehead atoms. The number of aromatic nitrogens is 4. The van der Waals surface area contributed by atoms with E-state index in [9.17, 15) is 71.4 Å². The van der Waals surface area contributed by atoms with Crippen LogP contribution in [0.1, 0.15) is 39.3 Å². The number of carbonyl (C=O) groups is 4. The van der Waals surface area contributed by atoms with Crippen LogP contribution in [0.4, 0.5) is 14.6 Å². The third kappa shape index (κ3) is 14.6. The molecule has 0 aromatic carbocycles. The number of hydrogen-bond donors (Lipinski definition) is 10. The molecule has 328 valence electrons. The highest BCUT2D eigenvalue weighted by Crippen LogP contribution is 2.61. The summed E-state index contributed by atoms with van der Waals surface area (Å²) in [6.45, 7) is -0.395. The number of alkyl halides is 2. The van der Waals surface area contributed by atoms with Crippen molar-refractivity contribution >= 4 is 75.1 Å². The highest BCUT2D eigenvalue weighted by molar-refractivity contribution is 8.13. The van der Waals surface area contributed by atoms with Crippen LogP contribution >= 0.6 is 35.2 Å². The third-order valence-corrected chi connectivity index (χ3v) is 11.8. The number of imidazole rings is 1. The van der Waals surface area contributed by atoms with Gasteiger partial charge in [0.1, 0.15) is 36.3 Å². The van der Waals surface area contributed by atoms with Gasteiger partial charge in [0.15, 0.2) is 17.7 Å². The molecule has 2 aromatic rings. The number of amides is 2. The second-order valence-corrected chi connectivity index (χ2v) is 18.1. The van der Waals surface area contributed by atoms with Gasteiger partial charge in [0.2, 0.25) is 11.8 Å². The molecule has 58 heavy (non-hydrogen) atoms. The van der Waals surface area contributed by atoms with Gasteiger partial charge in [-0.1, -0.05) is 25.6 Å². The number of aliphatic hydroxyl groups is 2. The molecule has 1 aliphatic rings. The Kier molecular flexibility index (Phi) is 17.0. The Labute approximate surface area is 329 Å². The van der Waals surface area contributed by atoms with E-state index in [1.165, 1.54) is 13.8 Å². The number of nitrogens with one attached hydrogen (secondary N) is 2. The first-order valence-electron chi connectivity index (χ1n) is 16.3. The number of fused-ring (bicyclic) bond motifs is 1. The average Bonchev–Trinajstić information content (AvgIpc) is 3.67. The second kappa shape index (κ2) is 20.0. The number of carboxylic acids is 1. The fraction of sp³-hybridized carbons (Fsp3) is 0.654. The Bertz CT molecular complexity index is 1960. The van der Waals surface area contributed by atoms with Crippen LogP contribution in [0.5, 0.6) is 0 Å². The molecule has 0 spiro atoms. The van der Waals surface area contributed by atoms with Gasteiger partial charge in [-0.3, -0.25) is 37.3 Å². The SMILES string of the molecule is CC(C)(COP(=O)(O)OP(=O)(O)OC[C@H]1O[C@@H](n2cnc3c(N)ncnc32)[C@H](O)[C@@H]1OP(=O)(O)O)[C@@H](O)C(=O)NCCC(=O)NCCSC(=O)C(F)(F)CCC(=O)O. The number of aliphatic hydroxyl groups excluding tert-OH is 2. The molecule has 2 amide bonds. The maximum atomic E-state index is 13.7. The van der Waals surface area contributed by atoms with Gasteiger partial charge >= 0.3 is 35.4 Å². The molecule has 1 fully saturated rings. The van der Waals surface area contributed by atoms with E-state index in [2.05, 4.69) is 34.4 Å². The molecular weight excluding hydrogens is 877 g/mol. The molecule has 32 heteroatoms. The highest BCUT2D eigenvalue weighted by Gasteiger charge is 2.50. The van der Waals surface area contributed by atoms with Gasteiger partial charge < -0.3 is 56.0 Å². The Morgan fingerprint density at radius 1 is 1.03 bits per heavy atom. The molecule has 1 saturated heterocycles. The zero-order valence-electron chi connectivity index (χ0n) is 30.1. The number of halogens is 2. The lowest BCUT2D eigenvalue weighted by atomic mass is 9.87. The zero-order chi connectivity index (χ0) is 43.9. The minimum Gasteiger partial charge on any atom is -0.481 e. The smallest absolute Gasteiger partial charge is 0.481 e. The molecule has 0 radical (unpaired) electrons. The van der Waals surface area contributed by atoms with Gasteiger partial charge in [-0.05, 0) is 0 Å². The Balaban J connectivity index is 1.47. The average molecular weight is 918 g/mol. The number of aliphatic carboxylic acids is 1. The molecule has 26 nitrogen and oxygen atoms in total. The molecule has 0 saturated carbocycles. The van der Waals surface area contributed by atoms with Crippen molar-refractivity contribution in [3.05, 3.63) is 12.7 Å². The van der Waals surface area contributed by atoms with Crippen LogP contribution in [0.3, 0.4) is 0 Å². The first-order chi connectivity index (χ1) is 26.6. The minimum atomic E-state index is -5.62. The molecule has 2 unspecified atom stereocenters. The molecule has 7 atom stereocenters. The van der Waals surface area contributed by atoms with Gasteiger partial charge in [-0.25, -0.2) is 28.6 Å². The number of nitrogens with two attached hydrogens (primary N) is 1.